The van der Waals surface area contributed by atoms with E-state index in [1.54, 1.807) is 0 Å². The Morgan fingerprint density at radius 1 is 0.800 bits per heavy atom. The van der Waals surface area contributed by atoms with Gasteiger partial charge in [0.1, 0.15) is 17.8 Å². The average Bonchev–Trinajstić information content (AvgIpc) is 3.27. The van der Waals surface area contributed by atoms with Crippen LogP contribution < -0.4 is 36.4 Å². The molecule has 1 aromatic rings. The SMILES string of the molecule is NSCCCC(=O)NCCCCC(NC(=O)CCCSN)C(=O)NC(CS(=O)(=O)O)C(=O)NCCC(=O)On1c(O)ccc1O. The van der Waals surface area contributed by atoms with Crippen LogP contribution in [0.5, 0.6) is 11.8 Å². The molecule has 2 atom stereocenters. The molecule has 256 valence electrons. The summed E-state index contributed by atoms with van der Waals surface area (Å²) < 4.78 is 33.0. The van der Waals surface area contributed by atoms with Gasteiger partial charge in [-0.2, -0.15) is 8.42 Å². The maximum Gasteiger partial charge on any atom is 0.334 e. The molecule has 0 aromatic carbocycles. The first-order chi connectivity index (χ1) is 21.3. The van der Waals surface area contributed by atoms with Crippen LogP contribution in [0.4, 0.5) is 0 Å². The topological polar surface area (TPSA) is 294 Å². The van der Waals surface area contributed by atoms with Gasteiger partial charge in [-0.15, -0.1) is 4.73 Å². The van der Waals surface area contributed by atoms with E-state index in [4.69, 9.17) is 15.1 Å². The lowest BCUT2D eigenvalue weighted by Gasteiger charge is -2.23. The molecule has 4 amide bonds. The Kier molecular flexibility index (Phi) is 19.0. The number of carbonyl (C=O) groups is 5. The van der Waals surface area contributed by atoms with E-state index >= 15 is 0 Å². The van der Waals surface area contributed by atoms with Gasteiger partial charge >= 0.3 is 5.97 Å². The Labute approximate surface area is 269 Å². The lowest BCUT2D eigenvalue weighted by atomic mass is 10.1. The first-order valence-electron chi connectivity index (χ1n) is 13.8. The third-order valence-corrected chi connectivity index (χ3v) is 7.66. The summed E-state index contributed by atoms with van der Waals surface area (Å²) in [6.45, 7) is -0.0984. The molecule has 0 saturated carbocycles. The van der Waals surface area contributed by atoms with Gasteiger partial charge in [0.25, 0.3) is 10.1 Å². The fourth-order valence-corrected chi connectivity index (χ4v) is 4.95. The first-order valence-corrected chi connectivity index (χ1v) is 17.5. The van der Waals surface area contributed by atoms with Gasteiger partial charge in [-0.25, -0.2) is 4.79 Å². The molecule has 0 aliphatic heterocycles. The molecule has 0 spiro atoms. The molecule has 0 aliphatic rings. The van der Waals surface area contributed by atoms with E-state index < -0.39 is 76.4 Å². The number of rotatable bonds is 23. The summed E-state index contributed by atoms with van der Waals surface area (Å²) in [6.07, 6.45) is 1.81. The van der Waals surface area contributed by atoms with Crippen molar-refractivity contribution in [2.75, 3.05) is 30.3 Å². The van der Waals surface area contributed by atoms with E-state index in [1.807, 2.05) is 0 Å². The van der Waals surface area contributed by atoms with Gasteiger partial charge in [0.05, 0.1) is 6.42 Å². The third-order valence-electron chi connectivity index (χ3n) is 5.85. The van der Waals surface area contributed by atoms with Crippen LogP contribution in [0.3, 0.4) is 0 Å². The van der Waals surface area contributed by atoms with E-state index in [2.05, 4.69) is 21.3 Å². The number of nitrogens with two attached hydrogens (primary N) is 2. The Bertz CT molecular complexity index is 1210. The Morgan fingerprint density at radius 3 is 1.98 bits per heavy atom. The van der Waals surface area contributed by atoms with Crippen molar-refractivity contribution >= 4 is 63.6 Å². The zero-order valence-corrected chi connectivity index (χ0v) is 26.9. The summed E-state index contributed by atoms with van der Waals surface area (Å²) in [5, 5.41) is 39.5. The van der Waals surface area contributed by atoms with Gasteiger partial charge in [0.15, 0.2) is 0 Å². The van der Waals surface area contributed by atoms with E-state index in [1.165, 1.54) is 0 Å². The average molecular weight is 700 g/mol. The highest BCUT2D eigenvalue weighted by atomic mass is 32.2. The maximum absolute atomic E-state index is 13.1. The van der Waals surface area contributed by atoms with Crippen molar-refractivity contribution in [3.05, 3.63) is 12.1 Å². The van der Waals surface area contributed by atoms with E-state index in [0.29, 0.717) is 54.9 Å². The summed E-state index contributed by atoms with van der Waals surface area (Å²) in [5.41, 5.74) is 0. The third kappa shape index (κ3) is 17.7. The lowest BCUT2D eigenvalue weighted by molar-refractivity contribution is -0.145. The molecule has 1 aromatic heterocycles. The monoisotopic (exact) mass is 699 g/mol. The van der Waals surface area contributed by atoms with Crippen LogP contribution in [-0.2, 0) is 34.1 Å². The molecule has 0 aliphatic carbocycles. The molecule has 0 saturated heterocycles. The molecule has 0 fully saturated rings. The van der Waals surface area contributed by atoms with Crippen molar-refractivity contribution in [2.24, 2.45) is 10.3 Å². The smallest absolute Gasteiger partial charge is 0.334 e. The van der Waals surface area contributed by atoms with Gasteiger partial charge in [-0.1, -0.05) is 23.9 Å². The molecular weight excluding hydrogens is 659 g/mol. The lowest BCUT2D eigenvalue weighted by Crippen LogP contribution is -2.56. The van der Waals surface area contributed by atoms with E-state index in [-0.39, 0.29) is 18.7 Å². The predicted octanol–water partition coefficient (Wildman–Crippen LogP) is -1.72. The number of aromatic hydroxyl groups is 2. The fraction of sp³-hybridized carbons (Fsp3) is 0.625. The highest BCUT2D eigenvalue weighted by Crippen LogP contribution is 2.18. The Morgan fingerprint density at radius 2 is 1.40 bits per heavy atom. The highest BCUT2D eigenvalue weighted by Gasteiger charge is 2.30. The minimum absolute atomic E-state index is 0.0503. The number of carbonyl (C=O) groups excluding carboxylic acids is 5. The second-order valence-electron chi connectivity index (χ2n) is 9.57. The first kappa shape index (κ1) is 39.8. The zero-order valence-electron chi connectivity index (χ0n) is 24.4. The van der Waals surface area contributed by atoms with Gasteiger partial charge in [0, 0.05) is 49.6 Å². The molecule has 1 rings (SSSR count). The second kappa shape index (κ2) is 21.5. The summed E-state index contributed by atoms with van der Waals surface area (Å²) in [4.78, 5) is 66.9. The quantitative estimate of drug-likeness (QED) is 0.0349. The zero-order chi connectivity index (χ0) is 33.8. The molecule has 0 bridgehead atoms. The molecule has 21 heteroatoms. The normalized spacial score (nSPS) is 12.5. The van der Waals surface area contributed by atoms with Gasteiger partial charge in [-0.3, -0.25) is 34.0 Å². The molecular formula is C24H41N7O11S3. The van der Waals surface area contributed by atoms with Crippen LogP contribution in [0.1, 0.15) is 51.4 Å². The molecule has 18 nitrogen and oxygen atoms in total. The largest absolute Gasteiger partial charge is 0.492 e. The van der Waals surface area contributed by atoms with Crippen molar-refractivity contribution in [1.82, 2.24) is 26.0 Å². The minimum Gasteiger partial charge on any atom is -0.492 e. The van der Waals surface area contributed by atoms with Gasteiger partial charge in [0.2, 0.25) is 35.4 Å². The minimum atomic E-state index is -4.78. The van der Waals surface area contributed by atoms with Crippen LogP contribution in [0.2, 0.25) is 0 Å². The summed E-state index contributed by atoms with van der Waals surface area (Å²) in [6, 6.07) is -0.870. The summed E-state index contributed by atoms with van der Waals surface area (Å²) >= 11 is 2.19. The molecule has 2 unspecified atom stereocenters. The number of hydrogen-bond donors (Lipinski definition) is 9. The summed E-state index contributed by atoms with van der Waals surface area (Å²) in [5.74, 6) is -4.80. The summed E-state index contributed by atoms with van der Waals surface area (Å²) in [7, 11) is -4.78. The van der Waals surface area contributed by atoms with Crippen molar-refractivity contribution < 1.29 is 52.0 Å². The highest BCUT2D eigenvalue weighted by molar-refractivity contribution is 7.97. The van der Waals surface area contributed by atoms with Crippen LogP contribution >= 0.6 is 23.9 Å². The number of aromatic nitrogens is 1. The Hall–Kier alpha value is -3.24. The van der Waals surface area contributed by atoms with E-state index in [0.717, 1.165) is 36.0 Å². The van der Waals surface area contributed by atoms with Crippen molar-refractivity contribution in [3.8, 4) is 11.8 Å². The van der Waals surface area contributed by atoms with Crippen LogP contribution in [-0.4, -0.2) is 99.9 Å². The number of nitrogens with zero attached hydrogens (tertiary/aromatic N) is 1. The number of unbranched alkanes of at least 4 members (excludes halogenated alkanes) is 1. The molecule has 45 heavy (non-hydrogen) atoms. The number of hydrogen-bond acceptors (Lipinski definition) is 14. The molecule has 1 heterocycles. The van der Waals surface area contributed by atoms with Crippen molar-refractivity contribution in [1.29, 1.82) is 0 Å². The van der Waals surface area contributed by atoms with Crippen LogP contribution in [0, 0.1) is 0 Å². The number of amides is 4. The second-order valence-corrected chi connectivity index (χ2v) is 12.6. The van der Waals surface area contributed by atoms with Crippen LogP contribution in [0.25, 0.3) is 0 Å². The number of nitrogens with one attached hydrogen (secondary N) is 4. The Balaban J connectivity index is 2.80. The van der Waals surface area contributed by atoms with Gasteiger partial charge < -0.3 is 36.3 Å². The van der Waals surface area contributed by atoms with Gasteiger partial charge in [-0.05, 0) is 32.1 Å². The standard InChI is InChI=1S/C24H41N7O11S3/c25-43-13-3-6-18(32)27-11-2-1-5-16(29-19(33)7-4-14-44-26)24(38)30-17(15-45(39,40)41)23(37)28-12-10-22(36)42-31-20(34)8-9-21(31)35/h8-9,16-17,34-35H,1-7,10-15,25-26H2,(H,27,32)(H,28,37)(H,29,33)(H,30,38)(H,39,40,41). The fourth-order valence-electron chi connectivity index (χ4n) is 3.68. The molecule has 11 N–H and O–H groups in total. The molecule has 0 radical (unpaired) electrons. The van der Waals surface area contributed by atoms with Crippen LogP contribution in [0.15, 0.2) is 12.1 Å². The van der Waals surface area contributed by atoms with Crippen molar-refractivity contribution in [2.45, 2.75) is 63.5 Å². The predicted molar refractivity (Wildman–Crippen MR) is 166 cm³/mol. The maximum atomic E-state index is 13.1. The van der Waals surface area contributed by atoms with E-state index in [9.17, 15) is 47.2 Å². The van der Waals surface area contributed by atoms with Crippen molar-refractivity contribution in [3.63, 3.8) is 0 Å².